The van der Waals surface area contributed by atoms with Crippen molar-refractivity contribution in [1.29, 1.82) is 0 Å². The third-order valence-corrected chi connectivity index (χ3v) is 1.81. The summed E-state index contributed by atoms with van der Waals surface area (Å²) in [7, 11) is 1.84. The average Bonchev–Trinajstić information content (AvgIpc) is 2.03. The van der Waals surface area contributed by atoms with Crippen molar-refractivity contribution in [2.45, 2.75) is 63.8 Å². The molecule has 0 heterocycles. The van der Waals surface area contributed by atoms with E-state index in [4.69, 9.17) is 0 Å². The summed E-state index contributed by atoms with van der Waals surface area (Å²) in [5.74, 6) is 0.144. The Kier molecular flexibility index (Phi) is 52.0. The van der Waals surface area contributed by atoms with Gasteiger partial charge in [-0.3, -0.25) is 4.79 Å². The van der Waals surface area contributed by atoms with Gasteiger partial charge in [-0.25, -0.2) is 0 Å². The molecule has 0 saturated heterocycles. The first kappa shape index (κ1) is 36.0. The Morgan fingerprint density at radius 3 is 1.88 bits per heavy atom. The molecule has 3 heteroatoms. The Hall–Kier alpha value is -0.570. The summed E-state index contributed by atoms with van der Waals surface area (Å²) < 4.78 is 0. The summed E-state index contributed by atoms with van der Waals surface area (Å²) in [4.78, 5) is 12.5. The molecule has 0 aromatic carbocycles. The molecule has 0 spiro atoms. The topological polar surface area (TPSA) is 32.3 Å². The van der Waals surface area contributed by atoms with Gasteiger partial charge in [-0.2, -0.15) is 0 Å². The summed E-state index contributed by atoms with van der Waals surface area (Å²) in [6, 6.07) is 0. The van der Waals surface area contributed by atoms with Gasteiger partial charge in [-0.1, -0.05) is 44.1 Å². The Balaban J connectivity index is -0.0000000605. The molecule has 0 unspecified atom stereocenters. The number of carbonyl (C=O) groups is 1. The number of amides is 1. The third kappa shape index (κ3) is 25.6. The van der Waals surface area contributed by atoms with Crippen LogP contribution in [0.3, 0.4) is 0 Å². The number of hydrogen-bond donors (Lipinski definition) is 1. The van der Waals surface area contributed by atoms with Crippen molar-refractivity contribution < 1.29 is 4.79 Å². The number of carbonyl (C=O) groups excluding carboxylic acids is 1. The van der Waals surface area contributed by atoms with E-state index in [0.717, 1.165) is 26.1 Å². The lowest BCUT2D eigenvalue weighted by atomic mass is 10.3. The lowest BCUT2D eigenvalue weighted by molar-refractivity contribution is -0.127. The predicted molar refractivity (Wildman–Crippen MR) is 84.7 cm³/mol. The molecule has 0 aliphatic heterocycles. The van der Waals surface area contributed by atoms with Crippen LogP contribution in [0, 0.1) is 0 Å². The highest BCUT2D eigenvalue weighted by molar-refractivity contribution is 5.72. The maximum Gasteiger partial charge on any atom is 0.219 e. The van der Waals surface area contributed by atoms with Crippen molar-refractivity contribution in [3.63, 3.8) is 0 Å². The van der Waals surface area contributed by atoms with Crippen molar-refractivity contribution >= 4 is 5.91 Å². The molecule has 0 aromatic rings. The molecule has 0 bridgehead atoms. The van der Waals surface area contributed by atoms with Gasteiger partial charge in [0.25, 0.3) is 0 Å². The number of nitrogens with one attached hydrogen (secondary N) is 1. The van der Waals surface area contributed by atoms with Crippen molar-refractivity contribution in [3.8, 4) is 0 Å². The first-order chi connectivity index (χ1) is 5.68. The van der Waals surface area contributed by atoms with Gasteiger partial charge < -0.3 is 10.2 Å². The fourth-order valence-corrected chi connectivity index (χ4v) is 0.900. The molecule has 0 radical (unpaired) electrons. The smallest absolute Gasteiger partial charge is 0.219 e. The lowest BCUT2D eigenvalue weighted by Crippen LogP contribution is -2.27. The van der Waals surface area contributed by atoms with Gasteiger partial charge in [0.1, 0.15) is 0 Å². The van der Waals surface area contributed by atoms with E-state index in [1.807, 2.05) is 7.05 Å². The molecular weight excluding hydrogens is 212 g/mol. The minimum absolute atomic E-state index is 0. The predicted octanol–water partition coefficient (Wildman–Crippen LogP) is 4.03. The highest BCUT2D eigenvalue weighted by Crippen LogP contribution is 1.86. The largest absolute Gasteiger partial charge is 0.346 e. The number of hydrogen-bond acceptors (Lipinski definition) is 2. The summed E-state index contributed by atoms with van der Waals surface area (Å²) in [5.41, 5.74) is 0. The van der Waals surface area contributed by atoms with Crippen LogP contribution in [0.5, 0.6) is 0 Å². The highest BCUT2D eigenvalue weighted by atomic mass is 16.2. The fourth-order valence-electron chi connectivity index (χ4n) is 0.900. The Labute approximate surface area is 112 Å². The molecule has 0 aromatic heterocycles. The number of nitrogens with zero attached hydrogens (tertiary/aromatic N) is 1. The monoisotopic (exact) mass is 252 g/mol. The Morgan fingerprint density at radius 1 is 1.06 bits per heavy atom. The zero-order chi connectivity index (χ0) is 9.40. The molecule has 0 atom stereocenters. The molecule has 0 saturated carbocycles. The van der Waals surface area contributed by atoms with Crippen LogP contribution in [0.4, 0.5) is 0 Å². The summed E-state index contributed by atoms with van der Waals surface area (Å²) >= 11 is 0. The zero-order valence-electron chi connectivity index (χ0n) is 8.39. The molecule has 0 aliphatic carbocycles. The van der Waals surface area contributed by atoms with Crippen LogP contribution in [0.25, 0.3) is 0 Å². The Morgan fingerprint density at radius 2 is 1.53 bits per heavy atom. The summed E-state index contributed by atoms with van der Waals surface area (Å²) in [6.45, 7) is 6.68. The number of rotatable bonds is 6. The van der Waals surface area contributed by atoms with Crippen LogP contribution in [-0.4, -0.2) is 37.5 Å². The van der Waals surface area contributed by atoms with Crippen LogP contribution < -0.4 is 5.32 Å². The quantitative estimate of drug-likeness (QED) is 0.724. The summed E-state index contributed by atoms with van der Waals surface area (Å²) in [5, 5.41) is 3.29. The van der Waals surface area contributed by atoms with Crippen molar-refractivity contribution in [2.24, 2.45) is 0 Å². The van der Waals surface area contributed by atoms with E-state index in [2.05, 4.69) is 12.2 Å². The van der Waals surface area contributed by atoms with Crippen molar-refractivity contribution in [2.75, 3.05) is 26.7 Å². The van der Waals surface area contributed by atoms with E-state index in [0.29, 0.717) is 0 Å². The van der Waals surface area contributed by atoms with Gasteiger partial charge in [-0.05, 0) is 25.9 Å². The van der Waals surface area contributed by atoms with Gasteiger partial charge in [0.05, 0.1) is 0 Å². The molecule has 1 N–H and O–H groups in total. The van der Waals surface area contributed by atoms with E-state index >= 15 is 0 Å². The van der Waals surface area contributed by atoms with Crippen LogP contribution in [-0.2, 0) is 4.79 Å². The minimum atomic E-state index is 0. The standard InChI is InChI=1S/C9H20N2O.5CH4/c1-4-6-10-7-5-8-11(3)9(2)12;;;;;/h10H,4-8H2,1-3H3;5*1H4. The van der Waals surface area contributed by atoms with Gasteiger partial charge in [0.15, 0.2) is 0 Å². The fraction of sp³-hybridized carbons (Fsp3) is 0.929. The van der Waals surface area contributed by atoms with E-state index in [9.17, 15) is 4.79 Å². The van der Waals surface area contributed by atoms with Gasteiger partial charge in [0, 0.05) is 20.5 Å². The second-order valence-corrected chi connectivity index (χ2v) is 3.04. The molecule has 1 amide bonds. The lowest BCUT2D eigenvalue weighted by Gasteiger charge is -2.14. The molecule has 3 nitrogen and oxygen atoms in total. The second kappa shape index (κ2) is 24.6. The normalized spacial score (nSPS) is 7.00. The van der Waals surface area contributed by atoms with E-state index < -0.39 is 0 Å². The maximum atomic E-state index is 10.8. The SMILES string of the molecule is C.C.C.C.C.CCCNCCCN(C)C(C)=O. The van der Waals surface area contributed by atoms with Crippen LogP contribution >= 0.6 is 0 Å². The summed E-state index contributed by atoms with van der Waals surface area (Å²) in [6.07, 6.45) is 2.21. The van der Waals surface area contributed by atoms with Gasteiger partial charge >= 0.3 is 0 Å². The molecule has 0 rings (SSSR count). The second-order valence-electron chi connectivity index (χ2n) is 3.04. The van der Waals surface area contributed by atoms with E-state index in [-0.39, 0.29) is 43.0 Å². The van der Waals surface area contributed by atoms with Gasteiger partial charge in [-0.15, -0.1) is 0 Å². The molecule has 112 valence electrons. The van der Waals surface area contributed by atoms with Crippen LogP contribution in [0.15, 0.2) is 0 Å². The zero-order valence-corrected chi connectivity index (χ0v) is 8.39. The molecule has 0 aliphatic rings. The highest BCUT2D eigenvalue weighted by Gasteiger charge is 1.99. The van der Waals surface area contributed by atoms with E-state index in [1.54, 1.807) is 11.8 Å². The molecular formula is C14H40N2O. The maximum absolute atomic E-state index is 10.8. The van der Waals surface area contributed by atoms with Crippen molar-refractivity contribution in [3.05, 3.63) is 0 Å². The Bertz CT molecular complexity index is 127. The molecule has 0 fully saturated rings. The minimum Gasteiger partial charge on any atom is -0.346 e. The van der Waals surface area contributed by atoms with Gasteiger partial charge in [0.2, 0.25) is 5.91 Å². The first-order valence-electron chi connectivity index (χ1n) is 4.61. The van der Waals surface area contributed by atoms with Crippen molar-refractivity contribution in [1.82, 2.24) is 10.2 Å². The van der Waals surface area contributed by atoms with Crippen LogP contribution in [0.2, 0.25) is 0 Å². The average molecular weight is 252 g/mol. The molecule has 17 heavy (non-hydrogen) atoms. The van der Waals surface area contributed by atoms with E-state index in [1.165, 1.54) is 6.42 Å². The third-order valence-electron chi connectivity index (χ3n) is 1.81. The van der Waals surface area contributed by atoms with Crippen LogP contribution in [0.1, 0.15) is 63.8 Å². The first-order valence-corrected chi connectivity index (χ1v) is 4.61.